The molecule has 0 atom stereocenters. The van der Waals surface area contributed by atoms with Gasteiger partial charge in [0.1, 0.15) is 0 Å². The van der Waals surface area contributed by atoms with Crippen LogP contribution in [-0.2, 0) is 4.74 Å². The van der Waals surface area contributed by atoms with Gasteiger partial charge >= 0.3 is 0 Å². The van der Waals surface area contributed by atoms with Crippen LogP contribution in [0, 0.1) is 0 Å². The number of hydrogen-bond acceptors (Lipinski definition) is 2. The van der Waals surface area contributed by atoms with Gasteiger partial charge < -0.3 is 4.74 Å². The van der Waals surface area contributed by atoms with Crippen LogP contribution in [0.25, 0.3) is 0 Å². The van der Waals surface area contributed by atoms with Gasteiger partial charge in [0.15, 0.2) is 0 Å². The second-order valence-corrected chi connectivity index (χ2v) is 8.23. The van der Waals surface area contributed by atoms with Crippen molar-refractivity contribution in [2.75, 3.05) is 0 Å². The van der Waals surface area contributed by atoms with E-state index in [4.69, 9.17) is 9.73 Å². The van der Waals surface area contributed by atoms with Gasteiger partial charge in [-0.05, 0) is 62.1 Å². The molecule has 0 bridgehead atoms. The van der Waals surface area contributed by atoms with Crippen molar-refractivity contribution in [1.29, 1.82) is 0 Å². The number of benzene rings is 1. The molecule has 0 fully saturated rings. The van der Waals surface area contributed by atoms with Gasteiger partial charge in [-0.3, -0.25) is 0 Å². The van der Waals surface area contributed by atoms with Crippen molar-refractivity contribution >= 4 is 5.90 Å². The summed E-state index contributed by atoms with van der Waals surface area (Å²) >= 11 is 0. The molecule has 1 rings (SSSR count). The third kappa shape index (κ3) is 5.36. The topological polar surface area (TPSA) is 21.6 Å². The molecule has 0 saturated heterocycles. The third-order valence-corrected chi connectivity index (χ3v) is 4.07. The lowest BCUT2D eigenvalue weighted by atomic mass is 9.84. The van der Waals surface area contributed by atoms with E-state index in [0.29, 0.717) is 17.8 Å². The van der Waals surface area contributed by atoms with Crippen LogP contribution in [-0.4, -0.2) is 18.0 Å². The fourth-order valence-electron chi connectivity index (χ4n) is 2.81. The zero-order chi connectivity index (χ0) is 18.6. The monoisotopic (exact) mass is 331 g/mol. The molecule has 0 N–H and O–H groups in total. The Balaban J connectivity index is 3.73. The van der Waals surface area contributed by atoms with E-state index in [9.17, 15) is 0 Å². The molecule has 0 heterocycles. The Hall–Kier alpha value is -1.31. The standard InChI is InChI=1S/C22H37NO/c1-13(2)18-11-19(14(3)4)21(20(12-18)15(5)6)22(23-16(7)8)24-17(9)10/h11-17H,1-10H3. The minimum absolute atomic E-state index is 0.118. The second-order valence-electron chi connectivity index (χ2n) is 8.23. The Morgan fingerprint density at radius 1 is 0.750 bits per heavy atom. The zero-order valence-corrected chi connectivity index (χ0v) is 17.4. The number of aliphatic imine (C=N–C) groups is 1. The summed E-state index contributed by atoms with van der Waals surface area (Å²) in [6.07, 6.45) is 0.118. The largest absolute Gasteiger partial charge is 0.475 e. The number of nitrogens with zero attached hydrogens (tertiary/aromatic N) is 1. The van der Waals surface area contributed by atoms with Crippen LogP contribution < -0.4 is 0 Å². The molecule has 2 heteroatoms. The van der Waals surface area contributed by atoms with Crippen molar-refractivity contribution in [3.8, 4) is 0 Å². The van der Waals surface area contributed by atoms with Crippen LogP contribution >= 0.6 is 0 Å². The molecule has 0 aliphatic heterocycles. The Labute approximate surface area is 149 Å². The maximum absolute atomic E-state index is 6.18. The molecular formula is C22H37NO. The van der Waals surface area contributed by atoms with Gasteiger partial charge in [-0.2, -0.15) is 0 Å². The van der Waals surface area contributed by atoms with Gasteiger partial charge in [0.2, 0.25) is 5.90 Å². The average Bonchev–Trinajstić information content (AvgIpc) is 2.43. The van der Waals surface area contributed by atoms with E-state index in [1.54, 1.807) is 0 Å². The van der Waals surface area contributed by atoms with Crippen molar-refractivity contribution in [3.05, 3.63) is 34.4 Å². The number of ether oxygens (including phenoxy) is 1. The van der Waals surface area contributed by atoms with Crippen LogP contribution in [0.1, 0.15) is 109 Å². The van der Waals surface area contributed by atoms with Gasteiger partial charge in [-0.15, -0.1) is 0 Å². The average molecular weight is 332 g/mol. The number of rotatable bonds is 6. The molecule has 0 aliphatic carbocycles. The summed E-state index contributed by atoms with van der Waals surface area (Å²) < 4.78 is 6.18. The summed E-state index contributed by atoms with van der Waals surface area (Å²) in [4.78, 5) is 4.84. The van der Waals surface area contributed by atoms with Crippen molar-refractivity contribution in [2.45, 2.75) is 99.1 Å². The molecule has 136 valence electrons. The Kier molecular flexibility index (Phi) is 7.51. The summed E-state index contributed by atoms with van der Waals surface area (Å²) in [5, 5.41) is 0. The first kappa shape index (κ1) is 20.7. The van der Waals surface area contributed by atoms with E-state index in [1.807, 2.05) is 0 Å². The lowest BCUT2D eigenvalue weighted by molar-refractivity contribution is 0.227. The van der Waals surface area contributed by atoms with E-state index in [-0.39, 0.29) is 12.1 Å². The molecular weight excluding hydrogens is 294 g/mol. The summed E-state index contributed by atoms with van der Waals surface area (Å²) in [6.45, 7) is 21.9. The lowest BCUT2D eigenvalue weighted by Gasteiger charge is -2.25. The van der Waals surface area contributed by atoms with Gasteiger partial charge in [0, 0.05) is 11.6 Å². The summed E-state index contributed by atoms with van der Waals surface area (Å²) in [7, 11) is 0. The molecule has 0 saturated carbocycles. The van der Waals surface area contributed by atoms with E-state index >= 15 is 0 Å². The zero-order valence-electron chi connectivity index (χ0n) is 17.4. The van der Waals surface area contributed by atoms with Gasteiger partial charge in [0.05, 0.1) is 6.10 Å². The van der Waals surface area contributed by atoms with E-state index in [1.165, 1.54) is 22.3 Å². The highest BCUT2D eigenvalue weighted by molar-refractivity contribution is 5.98. The quantitative estimate of drug-likeness (QED) is 0.423. The molecule has 0 aromatic heterocycles. The highest BCUT2D eigenvalue weighted by Gasteiger charge is 2.23. The first-order chi connectivity index (χ1) is 11.0. The SMILES string of the molecule is CC(C)N=C(OC(C)C)c1c(C(C)C)cc(C(C)C)cc1C(C)C. The molecule has 1 aromatic carbocycles. The van der Waals surface area contributed by atoms with Crippen molar-refractivity contribution < 1.29 is 4.74 Å². The molecule has 2 nitrogen and oxygen atoms in total. The Bertz CT molecular complexity index is 536. The van der Waals surface area contributed by atoms with Crippen molar-refractivity contribution in [2.24, 2.45) is 4.99 Å². The smallest absolute Gasteiger partial charge is 0.217 e. The third-order valence-electron chi connectivity index (χ3n) is 4.07. The molecule has 1 aromatic rings. The fraction of sp³-hybridized carbons (Fsp3) is 0.682. The highest BCUT2D eigenvalue weighted by Crippen LogP contribution is 2.33. The van der Waals surface area contributed by atoms with E-state index < -0.39 is 0 Å². The minimum Gasteiger partial charge on any atom is -0.475 e. The maximum Gasteiger partial charge on any atom is 0.217 e. The molecule has 0 amide bonds. The predicted molar refractivity (Wildman–Crippen MR) is 107 cm³/mol. The lowest BCUT2D eigenvalue weighted by Crippen LogP contribution is -2.20. The Morgan fingerprint density at radius 2 is 1.21 bits per heavy atom. The van der Waals surface area contributed by atoms with Crippen LogP contribution in [0.15, 0.2) is 17.1 Å². The highest BCUT2D eigenvalue weighted by atomic mass is 16.5. The molecule has 0 radical (unpaired) electrons. The van der Waals surface area contributed by atoms with E-state index in [0.717, 1.165) is 5.90 Å². The first-order valence-electron chi connectivity index (χ1n) is 9.47. The summed E-state index contributed by atoms with van der Waals surface area (Å²) in [6, 6.07) is 4.93. The normalized spacial score (nSPS) is 13.0. The van der Waals surface area contributed by atoms with Crippen molar-refractivity contribution in [1.82, 2.24) is 0 Å². The number of hydrogen-bond donors (Lipinski definition) is 0. The van der Waals surface area contributed by atoms with E-state index in [2.05, 4.69) is 81.4 Å². The van der Waals surface area contributed by atoms with Crippen LogP contribution in [0.2, 0.25) is 0 Å². The predicted octanol–water partition coefficient (Wildman–Crippen LogP) is 6.64. The summed E-state index contributed by atoms with van der Waals surface area (Å²) in [5.41, 5.74) is 5.32. The molecule has 24 heavy (non-hydrogen) atoms. The fourth-order valence-corrected chi connectivity index (χ4v) is 2.81. The van der Waals surface area contributed by atoms with Gasteiger partial charge in [-0.25, -0.2) is 4.99 Å². The van der Waals surface area contributed by atoms with Crippen LogP contribution in [0.5, 0.6) is 0 Å². The molecule has 0 spiro atoms. The molecule has 0 aliphatic rings. The van der Waals surface area contributed by atoms with Crippen LogP contribution in [0.4, 0.5) is 0 Å². The summed E-state index contributed by atoms with van der Waals surface area (Å²) in [5.74, 6) is 2.20. The second kappa shape index (κ2) is 8.69. The molecule has 0 unspecified atom stereocenters. The van der Waals surface area contributed by atoms with Gasteiger partial charge in [-0.1, -0.05) is 53.7 Å². The maximum atomic E-state index is 6.18. The van der Waals surface area contributed by atoms with Crippen LogP contribution in [0.3, 0.4) is 0 Å². The Morgan fingerprint density at radius 3 is 1.50 bits per heavy atom. The van der Waals surface area contributed by atoms with Crippen molar-refractivity contribution in [3.63, 3.8) is 0 Å². The first-order valence-corrected chi connectivity index (χ1v) is 9.47. The van der Waals surface area contributed by atoms with Gasteiger partial charge in [0.25, 0.3) is 0 Å². The minimum atomic E-state index is 0.118.